The molecule has 1 aromatic heterocycles. The lowest BCUT2D eigenvalue weighted by molar-refractivity contribution is -0.0607. The Morgan fingerprint density at radius 2 is 1.76 bits per heavy atom. The highest BCUT2D eigenvalue weighted by Crippen LogP contribution is 2.45. The van der Waals surface area contributed by atoms with Crippen LogP contribution in [0.15, 0.2) is 18.2 Å². The Kier molecular flexibility index (Phi) is 3.98. The molecule has 3 nitrogen and oxygen atoms in total. The monoisotopic (exact) mass is 359 g/mol. The highest BCUT2D eigenvalue weighted by atomic mass is 28.4. The van der Waals surface area contributed by atoms with Gasteiger partial charge in [-0.15, -0.1) is 0 Å². The molecule has 1 aliphatic rings. The van der Waals surface area contributed by atoms with E-state index in [1.807, 2.05) is 0 Å². The van der Waals surface area contributed by atoms with Gasteiger partial charge in [0.2, 0.25) is 8.32 Å². The molecule has 0 aliphatic carbocycles. The van der Waals surface area contributed by atoms with Gasteiger partial charge < -0.3 is 14.1 Å². The quantitative estimate of drug-likeness (QED) is 0.658. The summed E-state index contributed by atoms with van der Waals surface area (Å²) in [6.07, 6.45) is 0. The van der Waals surface area contributed by atoms with E-state index in [1.165, 1.54) is 22.2 Å². The lowest BCUT2D eigenvalue weighted by Crippen LogP contribution is -2.43. The molecular weight excluding hydrogens is 326 g/mol. The van der Waals surface area contributed by atoms with Crippen LogP contribution in [0.25, 0.3) is 10.9 Å². The van der Waals surface area contributed by atoms with Gasteiger partial charge in [0.25, 0.3) is 0 Å². The van der Waals surface area contributed by atoms with Crippen LogP contribution in [0.1, 0.15) is 59.7 Å². The average molecular weight is 360 g/mol. The van der Waals surface area contributed by atoms with Crippen molar-refractivity contribution in [3.8, 4) is 5.75 Å². The Labute approximate surface area is 153 Å². The predicted octanol–water partition coefficient (Wildman–Crippen LogP) is 6.09. The van der Waals surface area contributed by atoms with Gasteiger partial charge in [-0.2, -0.15) is 0 Å². The van der Waals surface area contributed by atoms with Crippen molar-refractivity contribution in [3.05, 3.63) is 29.5 Å². The number of hydrogen-bond acceptors (Lipinski definition) is 2. The first kappa shape index (κ1) is 18.5. The summed E-state index contributed by atoms with van der Waals surface area (Å²) in [7, 11) is -1.85. The zero-order valence-corrected chi connectivity index (χ0v) is 18.3. The molecule has 1 N–H and O–H groups in total. The number of aromatic nitrogens is 1. The molecule has 0 saturated heterocycles. The molecule has 0 atom stereocenters. The van der Waals surface area contributed by atoms with Gasteiger partial charge in [0.05, 0.1) is 12.3 Å². The number of fused-ring (bicyclic) bond motifs is 3. The Morgan fingerprint density at radius 1 is 1.12 bits per heavy atom. The van der Waals surface area contributed by atoms with Crippen molar-refractivity contribution in [2.24, 2.45) is 0 Å². The minimum atomic E-state index is -1.85. The molecular formula is C21H33NO2Si. The second-order valence-corrected chi connectivity index (χ2v) is 14.9. The van der Waals surface area contributed by atoms with Crippen LogP contribution in [0.3, 0.4) is 0 Å². The first-order valence-corrected chi connectivity index (χ1v) is 12.2. The Morgan fingerprint density at radius 3 is 2.36 bits per heavy atom. The summed E-state index contributed by atoms with van der Waals surface area (Å²) in [6.45, 7) is 21.0. The van der Waals surface area contributed by atoms with Crippen molar-refractivity contribution in [1.82, 2.24) is 4.98 Å². The van der Waals surface area contributed by atoms with Crippen LogP contribution < -0.4 is 4.43 Å². The third-order valence-corrected chi connectivity index (χ3v) is 10.4. The van der Waals surface area contributed by atoms with E-state index in [-0.39, 0.29) is 16.1 Å². The topological polar surface area (TPSA) is 34.2 Å². The largest absolute Gasteiger partial charge is 0.543 e. The van der Waals surface area contributed by atoms with Gasteiger partial charge in [0.1, 0.15) is 11.4 Å². The number of ether oxygens (including phenoxy) is 1. The van der Waals surface area contributed by atoms with Gasteiger partial charge >= 0.3 is 0 Å². The molecule has 25 heavy (non-hydrogen) atoms. The fourth-order valence-electron chi connectivity index (χ4n) is 3.34. The number of H-pyrrole nitrogens is 1. The predicted molar refractivity (Wildman–Crippen MR) is 108 cm³/mol. The first-order chi connectivity index (χ1) is 11.2. The average Bonchev–Trinajstić information content (AvgIpc) is 2.83. The second kappa shape index (κ2) is 5.37. The van der Waals surface area contributed by atoms with Crippen molar-refractivity contribution in [3.63, 3.8) is 0 Å². The number of hydrogen-bond donors (Lipinski definition) is 1. The molecule has 4 heteroatoms. The highest BCUT2D eigenvalue weighted by molar-refractivity contribution is 6.74. The fourth-order valence-corrected chi connectivity index (χ4v) is 4.36. The van der Waals surface area contributed by atoms with Crippen LogP contribution in [0.2, 0.25) is 18.1 Å². The van der Waals surface area contributed by atoms with Crippen LogP contribution in [-0.4, -0.2) is 19.9 Å². The standard InChI is InChI=1S/C21H33NO2Si/c1-19(2,3)25(8,9)24-14-10-11-16-15(12-14)17-18(22-16)21(6,7)23-13-20(17,4)5/h10-12,22H,13H2,1-9H3. The zero-order valence-electron chi connectivity index (χ0n) is 17.3. The molecule has 2 heterocycles. The van der Waals surface area contributed by atoms with Crippen LogP contribution in [0, 0.1) is 0 Å². The number of aromatic amines is 1. The molecule has 0 bridgehead atoms. The van der Waals surface area contributed by atoms with E-state index in [1.54, 1.807) is 0 Å². The minimum Gasteiger partial charge on any atom is -0.543 e. The molecule has 0 fully saturated rings. The van der Waals surface area contributed by atoms with Crippen molar-refractivity contribution < 1.29 is 9.16 Å². The SMILES string of the molecule is CC1(C)COC(C)(C)c2[nH]c3ccc(O[Si](C)(C)C(C)(C)C)cc3c21. The summed E-state index contributed by atoms with van der Waals surface area (Å²) >= 11 is 0. The number of nitrogens with one attached hydrogen (secondary N) is 1. The zero-order chi connectivity index (χ0) is 18.8. The van der Waals surface area contributed by atoms with Gasteiger partial charge in [-0.05, 0) is 55.7 Å². The van der Waals surface area contributed by atoms with E-state index >= 15 is 0 Å². The van der Waals surface area contributed by atoms with Gasteiger partial charge in [-0.3, -0.25) is 0 Å². The molecule has 0 radical (unpaired) electrons. The van der Waals surface area contributed by atoms with Crippen LogP contribution in [0.4, 0.5) is 0 Å². The first-order valence-electron chi connectivity index (χ1n) is 9.24. The molecule has 0 saturated carbocycles. The third-order valence-electron chi connectivity index (χ3n) is 6.02. The van der Waals surface area contributed by atoms with E-state index in [9.17, 15) is 0 Å². The molecule has 1 aromatic carbocycles. The lowest BCUT2D eigenvalue weighted by Gasteiger charge is -2.39. The number of rotatable bonds is 2. The maximum absolute atomic E-state index is 6.55. The smallest absolute Gasteiger partial charge is 0.250 e. The van der Waals surface area contributed by atoms with Crippen LogP contribution >= 0.6 is 0 Å². The summed E-state index contributed by atoms with van der Waals surface area (Å²) in [5, 5.41) is 1.46. The summed E-state index contributed by atoms with van der Waals surface area (Å²) in [5.41, 5.74) is 3.44. The van der Waals surface area contributed by atoms with Gasteiger partial charge in [-0.1, -0.05) is 34.6 Å². The number of benzene rings is 1. The molecule has 0 spiro atoms. The van der Waals surface area contributed by atoms with Crippen LogP contribution in [0.5, 0.6) is 5.75 Å². The Bertz CT molecular complexity index is 809. The minimum absolute atomic E-state index is 0.0152. The summed E-state index contributed by atoms with van der Waals surface area (Å²) in [4.78, 5) is 3.61. The fraction of sp³-hybridized carbons (Fsp3) is 0.619. The van der Waals surface area contributed by atoms with Gasteiger partial charge in [0, 0.05) is 16.3 Å². The maximum Gasteiger partial charge on any atom is 0.250 e. The van der Waals surface area contributed by atoms with Crippen molar-refractivity contribution >= 4 is 19.2 Å². The lowest BCUT2D eigenvalue weighted by atomic mass is 9.78. The van der Waals surface area contributed by atoms with Crippen molar-refractivity contribution in [2.45, 2.75) is 77.6 Å². The van der Waals surface area contributed by atoms with E-state index in [0.29, 0.717) is 0 Å². The van der Waals surface area contributed by atoms with E-state index < -0.39 is 8.32 Å². The molecule has 138 valence electrons. The highest BCUT2D eigenvalue weighted by Gasteiger charge is 2.42. The van der Waals surface area contributed by atoms with E-state index in [0.717, 1.165) is 12.4 Å². The molecule has 1 aliphatic heterocycles. The van der Waals surface area contributed by atoms with Crippen molar-refractivity contribution in [2.75, 3.05) is 6.61 Å². The third kappa shape index (κ3) is 3.04. The van der Waals surface area contributed by atoms with E-state index in [2.05, 4.69) is 84.7 Å². The molecule has 2 aromatic rings. The molecule has 3 rings (SSSR count). The maximum atomic E-state index is 6.55. The normalized spacial score (nSPS) is 19.7. The van der Waals surface area contributed by atoms with E-state index in [4.69, 9.17) is 9.16 Å². The van der Waals surface area contributed by atoms with Crippen LogP contribution in [-0.2, 0) is 15.8 Å². The Hall–Kier alpha value is -1.26. The molecule has 0 amide bonds. The Balaban J connectivity index is 2.13. The summed E-state index contributed by atoms with van der Waals surface area (Å²) in [6, 6.07) is 6.49. The summed E-state index contributed by atoms with van der Waals surface area (Å²) < 4.78 is 12.7. The second-order valence-electron chi connectivity index (χ2n) is 10.1. The summed E-state index contributed by atoms with van der Waals surface area (Å²) in [5.74, 6) is 0.987. The van der Waals surface area contributed by atoms with Gasteiger partial charge in [-0.25, -0.2) is 0 Å². The van der Waals surface area contributed by atoms with Gasteiger partial charge in [0.15, 0.2) is 0 Å². The molecule has 0 unspecified atom stereocenters. The van der Waals surface area contributed by atoms with Crippen molar-refractivity contribution in [1.29, 1.82) is 0 Å².